The molecule has 0 unspecified atom stereocenters. The summed E-state index contributed by atoms with van der Waals surface area (Å²) in [5.74, 6) is 1.08. The summed E-state index contributed by atoms with van der Waals surface area (Å²) in [6, 6.07) is 12.3. The molecule has 6 rings (SSSR count). The van der Waals surface area contributed by atoms with Crippen molar-refractivity contribution in [2.75, 3.05) is 17.3 Å². The van der Waals surface area contributed by atoms with Crippen LogP contribution in [0.4, 0.5) is 30.4 Å². The number of alkyl halides is 3. The molecule has 1 aliphatic carbocycles. The van der Waals surface area contributed by atoms with Crippen LogP contribution in [0.1, 0.15) is 40.9 Å². The number of pyridine rings is 1. The fourth-order valence-electron chi connectivity index (χ4n) is 5.26. The monoisotopic (exact) mass is 480 g/mol. The molecule has 10 heteroatoms. The molecule has 0 spiro atoms. The van der Waals surface area contributed by atoms with E-state index in [4.69, 9.17) is 4.99 Å². The summed E-state index contributed by atoms with van der Waals surface area (Å²) < 4.78 is 40.8. The third-order valence-corrected chi connectivity index (χ3v) is 6.91. The van der Waals surface area contributed by atoms with Gasteiger partial charge < -0.3 is 14.8 Å². The molecule has 1 aromatic carbocycles. The smallest absolute Gasteiger partial charge is 0.341 e. The van der Waals surface area contributed by atoms with E-state index in [1.54, 1.807) is 11.9 Å². The van der Waals surface area contributed by atoms with Gasteiger partial charge in [0.05, 0.1) is 24.3 Å². The first-order valence-electron chi connectivity index (χ1n) is 11.5. The normalized spacial score (nSPS) is 21.0. The van der Waals surface area contributed by atoms with Crippen LogP contribution in [0.3, 0.4) is 0 Å². The van der Waals surface area contributed by atoms with Crippen molar-refractivity contribution in [2.24, 2.45) is 4.99 Å². The number of halogens is 3. The molecule has 1 N–H and O–H groups in total. The van der Waals surface area contributed by atoms with Crippen molar-refractivity contribution in [3.05, 3.63) is 71.7 Å². The molecule has 180 valence electrons. The molecule has 1 fully saturated rings. The Hall–Kier alpha value is -3.82. The number of nitrogens with one attached hydrogen (secondary N) is 1. The highest BCUT2D eigenvalue weighted by molar-refractivity contribution is 6.22. The van der Waals surface area contributed by atoms with Crippen molar-refractivity contribution >= 4 is 29.1 Å². The van der Waals surface area contributed by atoms with Crippen molar-refractivity contribution in [1.82, 2.24) is 14.5 Å². The van der Waals surface area contributed by atoms with Gasteiger partial charge in [0.25, 0.3) is 5.91 Å². The van der Waals surface area contributed by atoms with Crippen LogP contribution in [0.5, 0.6) is 0 Å². The zero-order valence-corrected chi connectivity index (χ0v) is 19.0. The summed E-state index contributed by atoms with van der Waals surface area (Å²) in [4.78, 5) is 25.7. The highest BCUT2D eigenvalue weighted by Crippen LogP contribution is 2.44. The predicted molar refractivity (Wildman–Crippen MR) is 126 cm³/mol. The number of hydrogen-bond acceptors (Lipinski definition) is 5. The summed E-state index contributed by atoms with van der Waals surface area (Å²) >= 11 is 0. The lowest BCUT2D eigenvalue weighted by Crippen LogP contribution is -2.51. The molecule has 7 nitrogen and oxygen atoms in total. The Morgan fingerprint density at radius 2 is 1.91 bits per heavy atom. The van der Waals surface area contributed by atoms with Gasteiger partial charge in [0, 0.05) is 25.1 Å². The quantitative estimate of drug-likeness (QED) is 0.578. The van der Waals surface area contributed by atoms with Gasteiger partial charge in [-0.05, 0) is 43.0 Å². The average Bonchev–Trinajstić information content (AvgIpc) is 3.52. The molecule has 0 radical (unpaired) electrons. The summed E-state index contributed by atoms with van der Waals surface area (Å²) in [6.07, 6.45) is 1.72. The molecule has 2 aromatic heterocycles. The molecular weight excluding hydrogens is 457 g/mol. The Kier molecular flexibility index (Phi) is 4.87. The summed E-state index contributed by atoms with van der Waals surface area (Å²) in [7, 11) is 1.74. The molecule has 3 aliphatic rings. The summed E-state index contributed by atoms with van der Waals surface area (Å²) in [6.45, 7) is 0.249. The maximum absolute atomic E-state index is 13.5. The zero-order chi connectivity index (χ0) is 24.3. The minimum Gasteiger partial charge on any atom is -0.341 e. The number of guanidine groups is 1. The Balaban J connectivity index is 1.45. The van der Waals surface area contributed by atoms with Crippen LogP contribution in [-0.4, -0.2) is 45.4 Å². The van der Waals surface area contributed by atoms with Crippen LogP contribution in [0, 0.1) is 0 Å². The second-order valence-corrected chi connectivity index (χ2v) is 9.14. The highest BCUT2D eigenvalue weighted by Gasteiger charge is 2.48. The topological polar surface area (TPSA) is 65.8 Å². The molecule has 0 saturated heterocycles. The van der Waals surface area contributed by atoms with E-state index in [-0.39, 0.29) is 24.5 Å². The highest BCUT2D eigenvalue weighted by atomic mass is 19.4. The van der Waals surface area contributed by atoms with Gasteiger partial charge in [0.15, 0.2) is 0 Å². The fraction of sp³-hybridized carbons (Fsp3) is 0.320. The van der Waals surface area contributed by atoms with Crippen LogP contribution < -0.4 is 10.2 Å². The molecule has 35 heavy (non-hydrogen) atoms. The predicted octanol–water partition coefficient (Wildman–Crippen LogP) is 4.88. The Morgan fingerprint density at radius 3 is 2.63 bits per heavy atom. The molecule has 1 saturated carbocycles. The Morgan fingerprint density at radius 1 is 1.11 bits per heavy atom. The van der Waals surface area contributed by atoms with E-state index in [0.717, 1.165) is 36.7 Å². The number of carbonyl (C=O) groups is 1. The number of aromatic nitrogens is 2. The third-order valence-electron chi connectivity index (χ3n) is 6.91. The van der Waals surface area contributed by atoms with E-state index in [1.807, 2.05) is 41.1 Å². The van der Waals surface area contributed by atoms with Crippen LogP contribution in [0.2, 0.25) is 0 Å². The SMILES string of the molecule is CN1C(=O)c2c(cn(Cc3ccc(C(F)(F)F)nc3)c2Nc2ccccc2)N2C1=N[C@@H]1CCC[C@@H]12. The largest absolute Gasteiger partial charge is 0.433 e. The molecule has 0 bridgehead atoms. The lowest BCUT2D eigenvalue weighted by atomic mass is 10.1. The number of para-hydroxylation sites is 1. The van der Waals surface area contributed by atoms with Gasteiger partial charge in [-0.1, -0.05) is 24.3 Å². The number of benzene rings is 1. The zero-order valence-electron chi connectivity index (χ0n) is 19.0. The van der Waals surface area contributed by atoms with E-state index in [9.17, 15) is 18.0 Å². The first kappa shape index (κ1) is 21.7. The summed E-state index contributed by atoms with van der Waals surface area (Å²) in [5.41, 5.74) is 1.77. The Bertz CT molecular complexity index is 1320. The van der Waals surface area contributed by atoms with Crippen molar-refractivity contribution in [1.29, 1.82) is 0 Å². The second kappa shape index (κ2) is 7.86. The van der Waals surface area contributed by atoms with Gasteiger partial charge in [0.2, 0.25) is 5.96 Å². The third kappa shape index (κ3) is 3.55. The summed E-state index contributed by atoms with van der Waals surface area (Å²) in [5, 5.41) is 3.38. The second-order valence-electron chi connectivity index (χ2n) is 9.14. The number of carbonyl (C=O) groups excluding carboxylic acids is 1. The van der Waals surface area contributed by atoms with Gasteiger partial charge in [-0.2, -0.15) is 13.2 Å². The van der Waals surface area contributed by atoms with Gasteiger partial charge >= 0.3 is 6.18 Å². The first-order chi connectivity index (χ1) is 16.8. The minimum absolute atomic E-state index is 0.166. The molecule has 3 aromatic rings. The molecule has 1 amide bonds. The maximum Gasteiger partial charge on any atom is 0.433 e. The van der Waals surface area contributed by atoms with Crippen molar-refractivity contribution < 1.29 is 18.0 Å². The lowest BCUT2D eigenvalue weighted by molar-refractivity contribution is -0.141. The van der Waals surface area contributed by atoms with Crippen LogP contribution >= 0.6 is 0 Å². The first-order valence-corrected chi connectivity index (χ1v) is 11.5. The molecular formula is C25H23F3N6O. The van der Waals surface area contributed by atoms with Crippen LogP contribution in [0.15, 0.2) is 59.9 Å². The number of anilines is 3. The maximum atomic E-state index is 13.5. The number of amides is 1. The van der Waals surface area contributed by atoms with E-state index >= 15 is 0 Å². The van der Waals surface area contributed by atoms with Gasteiger partial charge in [-0.25, -0.2) is 4.99 Å². The van der Waals surface area contributed by atoms with Crippen LogP contribution in [0.25, 0.3) is 0 Å². The van der Waals surface area contributed by atoms with Gasteiger partial charge in [-0.15, -0.1) is 0 Å². The Labute approximate surface area is 199 Å². The lowest BCUT2D eigenvalue weighted by Gasteiger charge is -2.35. The molecule has 2 aliphatic heterocycles. The van der Waals surface area contributed by atoms with E-state index in [2.05, 4.69) is 15.2 Å². The van der Waals surface area contributed by atoms with Gasteiger partial charge in [-0.3, -0.25) is 14.7 Å². The van der Waals surface area contributed by atoms with Crippen molar-refractivity contribution in [3.8, 4) is 0 Å². The van der Waals surface area contributed by atoms with Crippen molar-refractivity contribution in [2.45, 2.75) is 44.1 Å². The molecule has 4 heterocycles. The number of nitrogens with zero attached hydrogens (tertiary/aromatic N) is 5. The number of aliphatic imine (C=N–C) groups is 1. The van der Waals surface area contributed by atoms with E-state index in [1.165, 1.54) is 12.3 Å². The standard InChI is InChI=1S/C25H23F3N6O/c1-32-23(35)21-19(34-18-9-5-8-17(18)31-24(32)34)14-33(22(21)30-16-6-3-2-4-7-16)13-15-10-11-20(29-12-15)25(26,27)28/h2-4,6-7,10-12,14,17-18,30H,5,8-9,13H2,1H3/t17-,18+/m1/s1. The van der Waals surface area contributed by atoms with Crippen LogP contribution in [-0.2, 0) is 12.7 Å². The average molecular weight is 480 g/mol. The number of rotatable bonds is 4. The van der Waals surface area contributed by atoms with Gasteiger partial charge in [0.1, 0.15) is 17.1 Å². The van der Waals surface area contributed by atoms with E-state index < -0.39 is 11.9 Å². The fourth-order valence-corrected chi connectivity index (χ4v) is 5.26. The number of fused-ring (bicyclic) bond motifs is 5. The number of hydrogen-bond donors (Lipinski definition) is 1. The minimum atomic E-state index is -4.49. The molecule has 2 atom stereocenters. The van der Waals surface area contributed by atoms with E-state index in [0.29, 0.717) is 22.9 Å². The van der Waals surface area contributed by atoms with Crippen molar-refractivity contribution in [3.63, 3.8) is 0 Å².